The van der Waals surface area contributed by atoms with Crippen LogP contribution in [-0.4, -0.2) is 17.3 Å². The van der Waals surface area contributed by atoms with Gasteiger partial charge in [-0.1, -0.05) is 88.4 Å². The van der Waals surface area contributed by atoms with Crippen molar-refractivity contribution >= 4 is 5.97 Å². The Balaban J connectivity index is -0.000000315. The molecule has 0 aromatic heterocycles. The van der Waals surface area contributed by atoms with E-state index in [9.17, 15) is 13.2 Å². The summed E-state index contributed by atoms with van der Waals surface area (Å²) in [5, 5.41) is 7.42. The zero-order chi connectivity index (χ0) is 20.3. The Labute approximate surface area is 149 Å². The maximum Gasteiger partial charge on any atom is 0.386 e. The number of hydrogen-bond donors (Lipinski definition) is 1. The summed E-state index contributed by atoms with van der Waals surface area (Å²) in [4.78, 5) is 9.00. The lowest BCUT2D eigenvalue weighted by Crippen LogP contribution is -1.95. The van der Waals surface area contributed by atoms with E-state index in [1.807, 2.05) is 39.8 Å². The minimum atomic E-state index is -4.00. The van der Waals surface area contributed by atoms with E-state index >= 15 is 0 Å². The summed E-state index contributed by atoms with van der Waals surface area (Å²) in [5.74, 6) is -0.833. The van der Waals surface area contributed by atoms with Gasteiger partial charge in [0.25, 0.3) is 5.97 Å². The number of aliphatic carboxylic acids is 1. The van der Waals surface area contributed by atoms with Gasteiger partial charge in [0.2, 0.25) is 0 Å². The van der Waals surface area contributed by atoms with Crippen molar-refractivity contribution in [2.24, 2.45) is 0 Å². The highest BCUT2D eigenvalue weighted by Crippen LogP contribution is 2.17. The standard InChI is InChI=1S/C12H10.C2H3F3.C2H4O2.2C2H6/c1-3-7-11(8-4-1)12-9-5-2-6-10-12;1-2(3,4)5;1-2(3)4;2*1-2/h1-10H;1H3;1H3,(H,3,4);2*1-2H3. The first-order valence-electron chi connectivity index (χ1n) is 8.07. The second-order valence-electron chi connectivity index (χ2n) is 4.03. The van der Waals surface area contributed by atoms with Crippen LogP contribution in [-0.2, 0) is 4.79 Å². The van der Waals surface area contributed by atoms with Gasteiger partial charge in [0.1, 0.15) is 0 Å². The third-order valence-electron chi connectivity index (χ3n) is 1.88. The van der Waals surface area contributed by atoms with Gasteiger partial charge < -0.3 is 5.11 Å². The molecule has 0 aliphatic heterocycles. The van der Waals surface area contributed by atoms with Gasteiger partial charge in [-0.3, -0.25) is 4.79 Å². The molecule has 0 amide bonds. The van der Waals surface area contributed by atoms with Crippen LogP contribution in [0, 0.1) is 0 Å². The average Bonchev–Trinajstić information content (AvgIpc) is 2.58. The molecule has 0 heterocycles. The van der Waals surface area contributed by atoms with E-state index in [1.165, 1.54) is 11.1 Å². The van der Waals surface area contributed by atoms with Crippen LogP contribution in [0.15, 0.2) is 60.7 Å². The van der Waals surface area contributed by atoms with Crippen LogP contribution in [0.4, 0.5) is 13.2 Å². The molecule has 0 saturated heterocycles. The van der Waals surface area contributed by atoms with Crippen molar-refractivity contribution in [2.75, 3.05) is 0 Å². The van der Waals surface area contributed by atoms with E-state index in [0.29, 0.717) is 0 Å². The molecule has 0 unspecified atom stereocenters. The Morgan fingerprint density at radius 1 is 0.760 bits per heavy atom. The monoisotopic (exact) mass is 358 g/mol. The molecule has 5 heteroatoms. The summed E-state index contributed by atoms with van der Waals surface area (Å²) in [6.07, 6.45) is -4.00. The lowest BCUT2D eigenvalue weighted by atomic mass is 10.1. The molecule has 0 radical (unpaired) electrons. The summed E-state index contributed by atoms with van der Waals surface area (Å²) in [6, 6.07) is 20.8. The van der Waals surface area contributed by atoms with Gasteiger partial charge in [-0.2, -0.15) is 13.2 Å². The fraction of sp³-hybridized carbons (Fsp3) is 0.350. The van der Waals surface area contributed by atoms with E-state index < -0.39 is 12.1 Å². The molecule has 0 atom stereocenters. The smallest absolute Gasteiger partial charge is 0.386 e. The fourth-order valence-corrected chi connectivity index (χ4v) is 1.26. The number of alkyl halides is 3. The summed E-state index contributed by atoms with van der Waals surface area (Å²) >= 11 is 0. The molecule has 2 rings (SSSR count). The predicted molar refractivity (Wildman–Crippen MR) is 99.6 cm³/mol. The van der Waals surface area contributed by atoms with Gasteiger partial charge in [0, 0.05) is 13.8 Å². The molecular formula is C20H29F3O2. The maximum atomic E-state index is 10.4. The Morgan fingerprint density at radius 2 is 0.920 bits per heavy atom. The first-order valence-corrected chi connectivity index (χ1v) is 8.07. The molecule has 25 heavy (non-hydrogen) atoms. The minimum absolute atomic E-state index is 0.188. The summed E-state index contributed by atoms with van der Waals surface area (Å²) in [6.45, 7) is 9.27. The molecule has 2 aromatic rings. The molecule has 0 saturated carbocycles. The Morgan fingerprint density at radius 3 is 1.08 bits per heavy atom. The van der Waals surface area contributed by atoms with E-state index in [4.69, 9.17) is 9.90 Å². The fourth-order valence-electron chi connectivity index (χ4n) is 1.26. The lowest BCUT2D eigenvalue weighted by Gasteiger charge is -1.98. The number of rotatable bonds is 1. The first-order chi connectivity index (χ1) is 11.7. The average molecular weight is 358 g/mol. The number of benzene rings is 2. The second kappa shape index (κ2) is 18.0. The van der Waals surface area contributed by atoms with Gasteiger partial charge in [0.05, 0.1) is 0 Å². The van der Waals surface area contributed by atoms with Gasteiger partial charge in [-0.05, 0) is 11.1 Å². The van der Waals surface area contributed by atoms with Crippen LogP contribution >= 0.6 is 0 Å². The summed E-state index contributed by atoms with van der Waals surface area (Å²) < 4.78 is 31.1. The van der Waals surface area contributed by atoms with E-state index in [1.54, 1.807) is 0 Å². The molecule has 2 aromatic carbocycles. The summed E-state index contributed by atoms with van der Waals surface area (Å²) in [7, 11) is 0. The third kappa shape index (κ3) is 26.9. The van der Waals surface area contributed by atoms with Crippen LogP contribution in [0.5, 0.6) is 0 Å². The van der Waals surface area contributed by atoms with Crippen LogP contribution in [0.3, 0.4) is 0 Å². The highest BCUT2D eigenvalue weighted by molar-refractivity contribution is 5.63. The Hall–Kier alpha value is -2.30. The molecule has 0 aliphatic rings. The normalized spacial score (nSPS) is 8.52. The molecule has 0 bridgehead atoms. The van der Waals surface area contributed by atoms with E-state index in [-0.39, 0.29) is 6.92 Å². The molecule has 1 N–H and O–H groups in total. The number of halogens is 3. The van der Waals surface area contributed by atoms with Crippen molar-refractivity contribution in [3.63, 3.8) is 0 Å². The molecule has 2 nitrogen and oxygen atoms in total. The van der Waals surface area contributed by atoms with Gasteiger partial charge >= 0.3 is 6.18 Å². The zero-order valence-corrected chi connectivity index (χ0v) is 15.8. The van der Waals surface area contributed by atoms with Crippen LogP contribution in [0.2, 0.25) is 0 Å². The maximum absolute atomic E-state index is 10.4. The third-order valence-corrected chi connectivity index (χ3v) is 1.88. The van der Waals surface area contributed by atoms with E-state index in [2.05, 4.69) is 48.5 Å². The second-order valence-corrected chi connectivity index (χ2v) is 4.03. The van der Waals surface area contributed by atoms with Gasteiger partial charge in [-0.15, -0.1) is 0 Å². The predicted octanol–water partition coefficient (Wildman–Crippen LogP) is 7.07. The number of carboxylic acids is 1. The molecule has 0 aliphatic carbocycles. The van der Waals surface area contributed by atoms with Crippen molar-refractivity contribution in [1.82, 2.24) is 0 Å². The number of carboxylic acid groups (broad SMARTS) is 1. The summed E-state index contributed by atoms with van der Waals surface area (Å²) in [5.41, 5.74) is 2.55. The SMILES string of the molecule is CC.CC.CC(=O)O.CC(F)(F)F.c1ccc(-c2ccccc2)cc1. The highest BCUT2D eigenvalue weighted by Gasteiger charge is 2.15. The van der Waals surface area contributed by atoms with Gasteiger partial charge in [0.15, 0.2) is 0 Å². The lowest BCUT2D eigenvalue weighted by molar-refractivity contribution is -0.134. The van der Waals surface area contributed by atoms with Crippen molar-refractivity contribution in [3.05, 3.63) is 60.7 Å². The van der Waals surface area contributed by atoms with Crippen LogP contribution in [0.25, 0.3) is 11.1 Å². The van der Waals surface area contributed by atoms with Crippen LogP contribution in [0.1, 0.15) is 41.5 Å². The minimum Gasteiger partial charge on any atom is -0.481 e. The zero-order valence-electron chi connectivity index (χ0n) is 15.8. The topological polar surface area (TPSA) is 37.3 Å². The largest absolute Gasteiger partial charge is 0.481 e. The van der Waals surface area contributed by atoms with E-state index in [0.717, 1.165) is 6.92 Å². The number of carbonyl (C=O) groups is 1. The first kappa shape index (κ1) is 27.5. The Bertz CT molecular complexity index is 462. The number of hydrogen-bond acceptors (Lipinski definition) is 1. The molecule has 0 fully saturated rings. The van der Waals surface area contributed by atoms with Crippen molar-refractivity contribution in [2.45, 2.75) is 47.7 Å². The highest BCUT2D eigenvalue weighted by atomic mass is 19.4. The molecule has 0 spiro atoms. The van der Waals surface area contributed by atoms with Crippen molar-refractivity contribution in [3.8, 4) is 11.1 Å². The Kier molecular flexibility index (Phi) is 19.9. The van der Waals surface area contributed by atoms with Gasteiger partial charge in [-0.25, -0.2) is 0 Å². The molecular weight excluding hydrogens is 329 g/mol. The van der Waals surface area contributed by atoms with Crippen LogP contribution < -0.4 is 0 Å². The van der Waals surface area contributed by atoms with Crippen molar-refractivity contribution < 1.29 is 23.1 Å². The quantitative estimate of drug-likeness (QED) is 0.592. The van der Waals surface area contributed by atoms with Crippen molar-refractivity contribution in [1.29, 1.82) is 0 Å². The molecule has 142 valence electrons.